The zero-order valence-corrected chi connectivity index (χ0v) is 16.5. The second-order valence-electron chi connectivity index (χ2n) is 7.38. The minimum Gasteiger partial charge on any atom is -0.305 e. The van der Waals surface area contributed by atoms with Gasteiger partial charge in [-0.2, -0.15) is 18.3 Å². The number of alkyl halides is 3. The fourth-order valence-corrected chi connectivity index (χ4v) is 3.61. The highest BCUT2D eigenvalue weighted by Crippen LogP contribution is 2.35. The third kappa shape index (κ3) is 3.85. The Kier molecular flexibility index (Phi) is 5.27. The number of carbonyl (C=O) groups excluding carboxylic acids is 2. The molecular weight excluding hydrogens is 435 g/mol. The van der Waals surface area contributed by atoms with Crippen LogP contribution in [0.1, 0.15) is 44.9 Å². The number of anilines is 1. The SMILES string of the molecule is C[C@H]1CN(c2ccc(C(F)(F)F)c(F)c2)C(=O)c2c(CC(=O)c3cncc(F)c3)cnn21. The number of hydrogen-bond donors (Lipinski definition) is 0. The van der Waals surface area contributed by atoms with Gasteiger partial charge in [0.05, 0.1) is 24.0 Å². The molecule has 4 rings (SSSR count). The first-order valence-electron chi connectivity index (χ1n) is 9.45. The van der Waals surface area contributed by atoms with E-state index in [1.807, 2.05) is 0 Å². The van der Waals surface area contributed by atoms with Crippen LogP contribution in [-0.4, -0.2) is 33.0 Å². The predicted octanol–water partition coefficient (Wildman–Crippen LogP) is 4.22. The van der Waals surface area contributed by atoms with E-state index in [1.54, 1.807) is 6.92 Å². The average Bonchev–Trinajstić information content (AvgIpc) is 3.14. The maximum Gasteiger partial charge on any atom is 0.419 e. The van der Waals surface area contributed by atoms with Gasteiger partial charge in [-0.1, -0.05) is 0 Å². The second-order valence-corrected chi connectivity index (χ2v) is 7.38. The van der Waals surface area contributed by atoms with E-state index in [9.17, 15) is 31.5 Å². The standard InChI is InChI=1S/C21H15F5N4O2/c1-11-10-29(15-2-3-16(17(23)6-15)21(24,25)26)20(32)19-13(8-28-30(11)19)5-18(31)12-4-14(22)9-27-7-12/h2-4,6-9,11H,5,10H2,1H3/t11-/m0/s1. The third-order valence-electron chi connectivity index (χ3n) is 5.13. The van der Waals surface area contributed by atoms with Gasteiger partial charge in [-0.15, -0.1) is 0 Å². The van der Waals surface area contributed by atoms with Crippen molar-refractivity contribution in [2.75, 3.05) is 11.4 Å². The number of hydrogen-bond acceptors (Lipinski definition) is 4. The van der Waals surface area contributed by atoms with Gasteiger partial charge in [0.25, 0.3) is 5.91 Å². The fourth-order valence-electron chi connectivity index (χ4n) is 3.61. The molecule has 6 nitrogen and oxygen atoms in total. The highest BCUT2D eigenvalue weighted by atomic mass is 19.4. The van der Waals surface area contributed by atoms with Crippen LogP contribution in [0.3, 0.4) is 0 Å². The first-order valence-corrected chi connectivity index (χ1v) is 9.45. The van der Waals surface area contributed by atoms with Gasteiger partial charge in [0.2, 0.25) is 0 Å². The number of amides is 1. The smallest absolute Gasteiger partial charge is 0.305 e. The molecule has 1 aliphatic heterocycles. The van der Waals surface area contributed by atoms with E-state index < -0.39 is 41.1 Å². The van der Waals surface area contributed by atoms with E-state index in [0.29, 0.717) is 12.1 Å². The normalized spacial score (nSPS) is 16.2. The molecule has 0 N–H and O–H groups in total. The number of rotatable bonds is 4. The number of carbonyl (C=O) groups is 2. The van der Waals surface area contributed by atoms with Gasteiger partial charge >= 0.3 is 6.18 Å². The predicted molar refractivity (Wildman–Crippen MR) is 102 cm³/mol. The Morgan fingerprint density at radius 2 is 1.91 bits per heavy atom. The molecule has 1 amide bonds. The lowest BCUT2D eigenvalue weighted by Crippen LogP contribution is -2.43. The molecule has 3 heterocycles. The van der Waals surface area contributed by atoms with Crippen molar-refractivity contribution in [3.05, 3.63) is 76.9 Å². The van der Waals surface area contributed by atoms with E-state index in [-0.39, 0.29) is 35.5 Å². The molecule has 0 radical (unpaired) electrons. The van der Waals surface area contributed by atoms with E-state index in [2.05, 4.69) is 10.1 Å². The van der Waals surface area contributed by atoms with Crippen molar-refractivity contribution in [2.45, 2.75) is 25.6 Å². The molecule has 0 bridgehead atoms. The summed E-state index contributed by atoms with van der Waals surface area (Å²) < 4.78 is 67.5. The Morgan fingerprint density at radius 1 is 1.16 bits per heavy atom. The second kappa shape index (κ2) is 7.81. The number of Topliss-reactive ketones (excluding diaryl/α,β-unsaturated/α-hetero) is 1. The molecule has 1 aliphatic rings. The summed E-state index contributed by atoms with van der Waals surface area (Å²) in [5, 5.41) is 4.15. The van der Waals surface area contributed by atoms with Crippen molar-refractivity contribution in [2.24, 2.45) is 0 Å². The van der Waals surface area contributed by atoms with Crippen LogP contribution in [0, 0.1) is 11.6 Å². The summed E-state index contributed by atoms with van der Waals surface area (Å²) in [5.41, 5.74) is -1.15. The summed E-state index contributed by atoms with van der Waals surface area (Å²) in [6.07, 6.45) is -1.65. The van der Waals surface area contributed by atoms with Crippen molar-refractivity contribution in [1.82, 2.24) is 14.8 Å². The molecule has 2 aromatic heterocycles. The monoisotopic (exact) mass is 450 g/mol. The van der Waals surface area contributed by atoms with Crippen LogP contribution in [-0.2, 0) is 12.6 Å². The highest BCUT2D eigenvalue weighted by Gasteiger charge is 2.37. The summed E-state index contributed by atoms with van der Waals surface area (Å²) in [6.45, 7) is 1.76. The molecule has 32 heavy (non-hydrogen) atoms. The molecule has 1 atom stereocenters. The lowest BCUT2D eigenvalue weighted by Gasteiger charge is -2.32. The molecule has 1 aromatic carbocycles. The quantitative estimate of drug-likeness (QED) is 0.441. The van der Waals surface area contributed by atoms with Gasteiger partial charge < -0.3 is 4.90 Å². The van der Waals surface area contributed by atoms with Crippen molar-refractivity contribution in [3.8, 4) is 0 Å². The zero-order chi connectivity index (χ0) is 23.2. The van der Waals surface area contributed by atoms with Crippen LogP contribution in [0.25, 0.3) is 0 Å². The maximum absolute atomic E-state index is 14.1. The van der Waals surface area contributed by atoms with Gasteiger partial charge in [0, 0.05) is 36.0 Å². The van der Waals surface area contributed by atoms with Crippen LogP contribution in [0.5, 0.6) is 0 Å². The minimum absolute atomic E-state index is 0.0166. The van der Waals surface area contributed by atoms with Crippen LogP contribution in [0.2, 0.25) is 0 Å². The summed E-state index contributed by atoms with van der Waals surface area (Å²) >= 11 is 0. The molecule has 3 aromatic rings. The van der Waals surface area contributed by atoms with Gasteiger partial charge in [-0.25, -0.2) is 8.78 Å². The van der Waals surface area contributed by atoms with Crippen LogP contribution in [0.15, 0.2) is 42.9 Å². The lowest BCUT2D eigenvalue weighted by atomic mass is 10.0. The van der Waals surface area contributed by atoms with Crippen molar-refractivity contribution in [3.63, 3.8) is 0 Å². The Hall–Kier alpha value is -3.63. The van der Waals surface area contributed by atoms with E-state index >= 15 is 0 Å². The van der Waals surface area contributed by atoms with Gasteiger partial charge in [-0.3, -0.25) is 19.3 Å². The average molecular weight is 450 g/mol. The van der Waals surface area contributed by atoms with Gasteiger partial charge in [0.1, 0.15) is 17.3 Å². The van der Waals surface area contributed by atoms with Crippen molar-refractivity contribution < 1.29 is 31.5 Å². The van der Waals surface area contributed by atoms with Crippen LogP contribution < -0.4 is 4.90 Å². The molecule has 0 saturated heterocycles. The number of nitrogens with zero attached hydrogens (tertiary/aromatic N) is 4. The molecule has 11 heteroatoms. The van der Waals surface area contributed by atoms with Crippen molar-refractivity contribution in [1.29, 1.82) is 0 Å². The molecule has 166 valence electrons. The molecule has 0 saturated carbocycles. The molecule has 0 fully saturated rings. The molecule has 0 aliphatic carbocycles. The number of ketones is 1. The number of aromatic nitrogens is 3. The summed E-state index contributed by atoms with van der Waals surface area (Å²) in [7, 11) is 0. The largest absolute Gasteiger partial charge is 0.419 e. The van der Waals surface area contributed by atoms with E-state index in [4.69, 9.17) is 0 Å². The first-order chi connectivity index (χ1) is 15.1. The van der Waals surface area contributed by atoms with E-state index in [0.717, 1.165) is 23.2 Å². The molecule has 0 spiro atoms. The third-order valence-corrected chi connectivity index (χ3v) is 5.13. The van der Waals surface area contributed by atoms with Crippen LogP contribution in [0.4, 0.5) is 27.6 Å². The van der Waals surface area contributed by atoms with Crippen LogP contribution >= 0.6 is 0 Å². The number of halogens is 5. The summed E-state index contributed by atoms with van der Waals surface area (Å²) in [5.74, 6) is -3.32. The molecule has 0 unspecified atom stereocenters. The van der Waals surface area contributed by atoms with Gasteiger partial charge in [0.15, 0.2) is 5.78 Å². The van der Waals surface area contributed by atoms with E-state index in [1.165, 1.54) is 17.1 Å². The number of fused-ring (bicyclic) bond motifs is 1. The maximum atomic E-state index is 14.1. The fraction of sp³-hybridized carbons (Fsp3) is 0.238. The van der Waals surface area contributed by atoms with Gasteiger partial charge in [-0.05, 0) is 31.2 Å². The Morgan fingerprint density at radius 3 is 2.56 bits per heavy atom. The number of pyridine rings is 1. The Bertz CT molecular complexity index is 1220. The van der Waals surface area contributed by atoms with Crippen molar-refractivity contribution >= 4 is 17.4 Å². The topological polar surface area (TPSA) is 68.1 Å². The highest BCUT2D eigenvalue weighted by molar-refractivity contribution is 6.08. The Labute approximate surface area is 178 Å². The lowest BCUT2D eigenvalue weighted by molar-refractivity contribution is -0.139. The number of benzene rings is 1. The summed E-state index contributed by atoms with van der Waals surface area (Å²) in [4.78, 5) is 30.5. The molecular formula is C21H15F5N4O2. The first kappa shape index (κ1) is 21.6. The zero-order valence-electron chi connectivity index (χ0n) is 16.5. The minimum atomic E-state index is -4.86. The Balaban J connectivity index is 1.66. The summed E-state index contributed by atoms with van der Waals surface area (Å²) in [6, 6.07) is 2.88.